The Kier molecular flexibility index (Phi) is 6.26. The van der Waals surface area contributed by atoms with Crippen LogP contribution < -0.4 is 10.6 Å². The smallest absolute Gasteiger partial charge is 0.123 e. The van der Waals surface area contributed by atoms with Crippen molar-refractivity contribution in [3.63, 3.8) is 0 Å². The molecule has 2 aromatic carbocycles. The number of aryl methyl sites for hydroxylation is 1. The van der Waals surface area contributed by atoms with E-state index in [2.05, 4.69) is 37.0 Å². The number of anilines is 2. The molecule has 0 radical (unpaired) electrons. The molecular formula is C28H25ClFN9. The third-order valence-electron chi connectivity index (χ3n) is 6.71. The minimum Gasteiger partial charge on any atom is -0.383 e. The highest BCUT2D eigenvalue weighted by molar-refractivity contribution is 6.35. The van der Waals surface area contributed by atoms with Crippen LogP contribution in [0.5, 0.6) is 0 Å². The standard InChI is InChI=1S/C28H25ClFN9/c1-38-11-10-32-25(38)8-9-33-26-18(14-31)15-34-28-22(26)12-20(13-23(28)29)35-27(17-2-4-19(30)5-3-17)24-16-39(37-36-24)21-6-7-21/h2-5,10-13,15-16,21,27,35H,6-9H2,1H3,(H,33,34)/t27-/m0/s1/i27D. The number of nitrogens with zero attached hydrogens (tertiary/aromatic N) is 7. The van der Waals surface area contributed by atoms with Gasteiger partial charge in [-0.1, -0.05) is 28.9 Å². The summed E-state index contributed by atoms with van der Waals surface area (Å²) in [5.74, 6) is 0.500. The fraction of sp³-hybridized carbons (Fsp3) is 0.250. The fourth-order valence-corrected chi connectivity index (χ4v) is 4.77. The summed E-state index contributed by atoms with van der Waals surface area (Å²) in [6.45, 7) is 0.524. The number of nitriles is 1. The van der Waals surface area contributed by atoms with E-state index in [1.54, 1.807) is 41.3 Å². The summed E-state index contributed by atoms with van der Waals surface area (Å²) >= 11 is 6.69. The van der Waals surface area contributed by atoms with Gasteiger partial charge in [0.15, 0.2) is 0 Å². The molecule has 1 fully saturated rings. The Morgan fingerprint density at radius 1 is 1.26 bits per heavy atom. The number of fused-ring (bicyclic) bond motifs is 1. The molecule has 0 bridgehead atoms. The zero-order valence-corrected chi connectivity index (χ0v) is 21.8. The SMILES string of the molecule is [2H][C@](Nc1cc(Cl)c2ncc(C#N)c(NCCc3nccn3C)c2c1)(c1ccc(F)cc1)c1cn(C2CC2)nn1. The number of nitrogens with one attached hydrogen (secondary N) is 2. The first-order valence-corrected chi connectivity index (χ1v) is 12.9. The highest BCUT2D eigenvalue weighted by atomic mass is 35.5. The number of aromatic nitrogens is 6. The van der Waals surface area contributed by atoms with Crippen LogP contribution in [0.3, 0.4) is 0 Å². The van der Waals surface area contributed by atoms with Crippen LogP contribution in [0.15, 0.2) is 61.2 Å². The van der Waals surface area contributed by atoms with E-state index in [1.165, 1.54) is 18.3 Å². The van der Waals surface area contributed by atoms with Crippen LogP contribution in [-0.4, -0.2) is 36.1 Å². The van der Waals surface area contributed by atoms with Gasteiger partial charge in [-0.3, -0.25) is 4.98 Å². The highest BCUT2D eigenvalue weighted by Gasteiger charge is 2.27. The van der Waals surface area contributed by atoms with E-state index in [0.29, 0.717) is 57.1 Å². The van der Waals surface area contributed by atoms with E-state index in [1.807, 2.05) is 17.8 Å². The zero-order valence-electron chi connectivity index (χ0n) is 22.1. The van der Waals surface area contributed by atoms with Crippen LogP contribution in [-0.2, 0) is 13.5 Å². The molecule has 6 rings (SSSR count). The maximum absolute atomic E-state index is 13.8. The average molecular weight is 543 g/mol. The summed E-state index contributed by atoms with van der Waals surface area (Å²) < 4.78 is 27.0. The Labute approximate surface area is 230 Å². The maximum atomic E-state index is 13.8. The molecule has 3 heterocycles. The average Bonchev–Trinajstić information content (AvgIpc) is 3.52. The van der Waals surface area contributed by atoms with Gasteiger partial charge >= 0.3 is 0 Å². The van der Waals surface area contributed by atoms with Gasteiger partial charge in [-0.05, 0) is 42.7 Å². The van der Waals surface area contributed by atoms with Crippen LogP contribution in [0.4, 0.5) is 15.8 Å². The fourth-order valence-electron chi connectivity index (χ4n) is 4.50. The van der Waals surface area contributed by atoms with Crippen LogP contribution in [0.1, 0.15) is 48.9 Å². The number of hydrogen-bond acceptors (Lipinski definition) is 7. The van der Waals surface area contributed by atoms with Gasteiger partial charge in [0.05, 0.1) is 41.4 Å². The van der Waals surface area contributed by atoms with Crippen molar-refractivity contribution in [2.75, 3.05) is 17.2 Å². The summed E-state index contributed by atoms with van der Waals surface area (Å²) in [6.07, 6.45) is 9.54. The Balaban J connectivity index is 1.40. The van der Waals surface area contributed by atoms with Gasteiger partial charge in [0.2, 0.25) is 0 Å². The minimum absolute atomic E-state index is 0.281. The van der Waals surface area contributed by atoms with Crippen molar-refractivity contribution >= 4 is 33.9 Å². The van der Waals surface area contributed by atoms with Crippen molar-refractivity contribution < 1.29 is 5.76 Å². The second kappa shape index (κ2) is 10.3. The monoisotopic (exact) mass is 542 g/mol. The van der Waals surface area contributed by atoms with Gasteiger partial charge in [0.1, 0.15) is 23.4 Å². The molecule has 0 amide bonds. The van der Waals surface area contributed by atoms with E-state index in [-0.39, 0.29) is 6.04 Å². The van der Waals surface area contributed by atoms with Gasteiger partial charge < -0.3 is 15.2 Å². The number of pyridine rings is 1. The third-order valence-corrected chi connectivity index (χ3v) is 6.99. The van der Waals surface area contributed by atoms with E-state index in [9.17, 15) is 11.0 Å². The van der Waals surface area contributed by atoms with Crippen molar-refractivity contribution in [2.24, 2.45) is 7.05 Å². The van der Waals surface area contributed by atoms with Crippen molar-refractivity contribution in [3.05, 3.63) is 94.7 Å². The lowest BCUT2D eigenvalue weighted by Crippen LogP contribution is -2.13. The van der Waals surface area contributed by atoms with Crippen molar-refractivity contribution in [2.45, 2.75) is 31.3 Å². The van der Waals surface area contributed by atoms with E-state index >= 15 is 0 Å². The van der Waals surface area contributed by atoms with E-state index in [4.69, 9.17) is 11.6 Å². The first-order chi connectivity index (χ1) is 19.4. The third kappa shape index (κ3) is 5.13. The number of halogens is 2. The molecule has 5 aromatic rings. The summed E-state index contributed by atoms with van der Waals surface area (Å²) in [5.41, 5.74) is 2.81. The molecular weight excluding hydrogens is 517 g/mol. The van der Waals surface area contributed by atoms with E-state index < -0.39 is 11.8 Å². The first kappa shape index (κ1) is 23.6. The molecule has 2 N–H and O–H groups in total. The summed E-state index contributed by atoms with van der Waals surface area (Å²) in [4.78, 5) is 8.78. The largest absolute Gasteiger partial charge is 0.383 e. The van der Waals surface area contributed by atoms with Gasteiger partial charge in [0, 0.05) is 49.7 Å². The highest BCUT2D eigenvalue weighted by Crippen LogP contribution is 2.37. The maximum Gasteiger partial charge on any atom is 0.123 e. The van der Waals surface area contributed by atoms with Crippen LogP contribution in [0.2, 0.25) is 5.02 Å². The van der Waals surface area contributed by atoms with Crippen molar-refractivity contribution in [1.82, 2.24) is 29.5 Å². The lowest BCUT2D eigenvalue weighted by atomic mass is 10.0. The molecule has 0 aliphatic heterocycles. The molecule has 1 saturated carbocycles. The Morgan fingerprint density at radius 2 is 2.08 bits per heavy atom. The van der Waals surface area contributed by atoms with Crippen LogP contribution >= 0.6 is 11.6 Å². The zero-order chi connectivity index (χ0) is 27.9. The number of benzene rings is 2. The second-order valence-electron chi connectivity index (χ2n) is 9.47. The topological polar surface area (TPSA) is 109 Å². The van der Waals surface area contributed by atoms with Crippen LogP contribution in [0, 0.1) is 17.1 Å². The second-order valence-corrected chi connectivity index (χ2v) is 9.87. The molecule has 39 heavy (non-hydrogen) atoms. The first-order valence-electron chi connectivity index (χ1n) is 13.0. The van der Waals surface area contributed by atoms with Crippen molar-refractivity contribution in [1.29, 1.82) is 5.26 Å². The molecule has 9 nitrogen and oxygen atoms in total. The van der Waals surface area contributed by atoms with Gasteiger partial charge in [-0.25, -0.2) is 14.1 Å². The number of imidazole rings is 1. The summed E-state index contributed by atoms with van der Waals surface area (Å²) in [5, 5.41) is 26.0. The van der Waals surface area contributed by atoms with Gasteiger partial charge in [0.25, 0.3) is 0 Å². The van der Waals surface area contributed by atoms with E-state index in [0.717, 1.165) is 18.7 Å². The number of hydrogen-bond donors (Lipinski definition) is 2. The predicted molar refractivity (Wildman–Crippen MR) is 147 cm³/mol. The Morgan fingerprint density at radius 3 is 2.79 bits per heavy atom. The van der Waals surface area contributed by atoms with Crippen LogP contribution in [0.25, 0.3) is 10.9 Å². The Bertz CT molecular complexity index is 1740. The summed E-state index contributed by atoms with van der Waals surface area (Å²) in [6, 6.07) is 10.1. The molecule has 0 saturated heterocycles. The quantitative estimate of drug-likeness (QED) is 0.256. The number of rotatable bonds is 9. The molecule has 196 valence electrons. The van der Waals surface area contributed by atoms with Crippen molar-refractivity contribution in [3.8, 4) is 6.07 Å². The minimum atomic E-state index is -1.61. The normalized spacial score (nSPS) is 15.0. The van der Waals surface area contributed by atoms with Gasteiger partial charge in [-0.15, -0.1) is 5.10 Å². The molecule has 0 unspecified atom stereocenters. The lowest BCUT2D eigenvalue weighted by molar-refractivity contribution is 0.610. The molecule has 1 aliphatic carbocycles. The molecule has 3 aromatic heterocycles. The van der Waals surface area contributed by atoms with Gasteiger partial charge in [-0.2, -0.15) is 5.26 Å². The Hall–Kier alpha value is -4.49. The molecule has 1 atom stereocenters. The predicted octanol–water partition coefficient (Wildman–Crippen LogP) is 5.41. The molecule has 11 heteroatoms. The summed E-state index contributed by atoms with van der Waals surface area (Å²) in [7, 11) is 1.93. The molecule has 1 aliphatic rings. The lowest BCUT2D eigenvalue weighted by Gasteiger charge is -2.20. The molecule has 0 spiro atoms.